The Hall–Kier alpha value is -1.02. The van der Waals surface area contributed by atoms with Gasteiger partial charge in [-0.1, -0.05) is 31.4 Å². The number of aryl methyl sites for hydroxylation is 1. The predicted molar refractivity (Wildman–Crippen MR) is 76.4 cm³/mol. The standard InChI is InChI=1S/C17H24O2/c1-3-13-5-4-8-17(10-13)11-15(18)14-9-12(2)6-7-16(14)19-17/h6-7,9,13,15,18H,3-5,8,10-11H2,1-2H3. The Balaban J connectivity index is 1.89. The zero-order valence-electron chi connectivity index (χ0n) is 12.0. The van der Waals surface area contributed by atoms with Crippen LogP contribution in [0.5, 0.6) is 5.75 Å². The highest BCUT2D eigenvalue weighted by molar-refractivity contribution is 5.41. The zero-order valence-corrected chi connectivity index (χ0v) is 12.0. The van der Waals surface area contributed by atoms with E-state index in [0.717, 1.165) is 36.5 Å². The lowest BCUT2D eigenvalue weighted by molar-refractivity contribution is -0.0521. The van der Waals surface area contributed by atoms with Crippen molar-refractivity contribution in [1.29, 1.82) is 0 Å². The molecule has 1 aromatic rings. The molecule has 1 N–H and O–H groups in total. The summed E-state index contributed by atoms with van der Waals surface area (Å²) in [6, 6.07) is 6.17. The van der Waals surface area contributed by atoms with E-state index >= 15 is 0 Å². The van der Waals surface area contributed by atoms with Gasteiger partial charge in [0.15, 0.2) is 0 Å². The molecule has 1 heterocycles. The third-order valence-corrected chi connectivity index (χ3v) is 4.90. The molecule has 0 amide bonds. The van der Waals surface area contributed by atoms with Gasteiger partial charge in [0.25, 0.3) is 0 Å². The first-order valence-corrected chi connectivity index (χ1v) is 7.59. The summed E-state index contributed by atoms with van der Waals surface area (Å²) in [6.07, 6.45) is 6.37. The first-order chi connectivity index (χ1) is 9.12. The molecule has 1 aliphatic carbocycles. The molecule has 3 atom stereocenters. The SMILES string of the molecule is CCC1CCCC2(C1)CC(O)c1cc(C)ccc1O2. The molecular formula is C17H24O2. The van der Waals surface area contributed by atoms with Crippen molar-refractivity contribution in [1.82, 2.24) is 0 Å². The minimum absolute atomic E-state index is 0.111. The van der Waals surface area contributed by atoms with E-state index in [1.165, 1.54) is 24.8 Å². The fraction of sp³-hybridized carbons (Fsp3) is 0.647. The number of hydrogen-bond donors (Lipinski definition) is 1. The highest BCUT2D eigenvalue weighted by Crippen LogP contribution is 2.48. The largest absolute Gasteiger partial charge is 0.487 e. The molecule has 2 nitrogen and oxygen atoms in total. The molecule has 0 radical (unpaired) electrons. The summed E-state index contributed by atoms with van der Waals surface area (Å²) >= 11 is 0. The van der Waals surface area contributed by atoms with E-state index < -0.39 is 0 Å². The van der Waals surface area contributed by atoms with Crippen LogP contribution >= 0.6 is 0 Å². The number of hydrogen-bond acceptors (Lipinski definition) is 2. The predicted octanol–water partition coefficient (Wildman–Crippen LogP) is 4.15. The maximum absolute atomic E-state index is 10.5. The Morgan fingerprint density at radius 1 is 1.37 bits per heavy atom. The van der Waals surface area contributed by atoms with Crippen molar-refractivity contribution >= 4 is 0 Å². The van der Waals surface area contributed by atoms with Crippen LogP contribution in [0.4, 0.5) is 0 Å². The molecule has 3 unspecified atom stereocenters. The van der Waals surface area contributed by atoms with Crippen molar-refractivity contribution in [2.75, 3.05) is 0 Å². The van der Waals surface area contributed by atoms with E-state index in [9.17, 15) is 5.11 Å². The number of fused-ring (bicyclic) bond motifs is 1. The Morgan fingerprint density at radius 3 is 3.00 bits per heavy atom. The van der Waals surface area contributed by atoms with Crippen molar-refractivity contribution in [2.45, 2.75) is 64.1 Å². The van der Waals surface area contributed by atoms with Crippen molar-refractivity contribution < 1.29 is 9.84 Å². The van der Waals surface area contributed by atoms with E-state index in [4.69, 9.17) is 4.74 Å². The molecule has 104 valence electrons. The molecular weight excluding hydrogens is 236 g/mol. The molecule has 2 aliphatic rings. The Bertz CT molecular complexity index is 468. The van der Waals surface area contributed by atoms with Crippen molar-refractivity contribution in [3.8, 4) is 5.75 Å². The van der Waals surface area contributed by atoms with Gasteiger partial charge in [-0.25, -0.2) is 0 Å². The van der Waals surface area contributed by atoms with Gasteiger partial charge in [-0.3, -0.25) is 0 Å². The molecule has 0 aromatic heterocycles. The van der Waals surface area contributed by atoms with Gasteiger partial charge in [0, 0.05) is 12.0 Å². The van der Waals surface area contributed by atoms with Crippen LogP contribution in [0.1, 0.15) is 62.7 Å². The molecule has 19 heavy (non-hydrogen) atoms. The van der Waals surface area contributed by atoms with E-state index in [0.29, 0.717) is 0 Å². The molecule has 1 aromatic carbocycles. The van der Waals surface area contributed by atoms with Crippen molar-refractivity contribution in [3.63, 3.8) is 0 Å². The van der Waals surface area contributed by atoms with Gasteiger partial charge >= 0.3 is 0 Å². The molecule has 1 spiro atoms. The summed E-state index contributed by atoms with van der Waals surface area (Å²) < 4.78 is 6.36. The van der Waals surface area contributed by atoms with Gasteiger partial charge < -0.3 is 9.84 Å². The van der Waals surface area contributed by atoms with Crippen molar-refractivity contribution in [2.24, 2.45) is 5.92 Å². The Kier molecular flexibility index (Phi) is 3.30. The second kappa shape index (κ2) is 4.82. The minimum Gasteiger partial charge on any atom is -0.487 e. The smallest absolute Gasteiger partial charge is 0.125 e. The van der Waals surface area contributed by atoms with Crippen LogP contribution in [0, 0.1) is 12.8 Å². The first-order valence-electron chi connectivity index (χ1n) is 7.59. The average molecular weight is 260 g/mol. The third-order valence-electron chi connectivity index (χ3n) is 4.90. The van der Waals surface area contributed by atoms with Crippen LogP contribution in [0.2, 0.25) is 0 Å². The number of rotatable bonds is 1. The summed E-state index contributed by atoms with van der Waals surface area (Å²) in [5, 5.41) is 10.5. The van der Waals surface area contributed by atoms with Gasteiger partial charge in [-0.2, -0.15) is 0 Å². The first kappa shape index (κ1) is 13.0. The fourth-order valence-corrected chi connectivity index (χ4v) is 3.83. The summed E-state index contributed by atoms with van der Waals surface area (Å²) in [7, 11) is 0. The lowest BCUT2D eigenvalue weighted by Gasteiger charge is -2.45. The van der Waals surface area contributed by atoms with Crippen LogP contribution in [0.3, 0.4) is 0 Å². The van der Waals surface area contributed by atoms with Gasteiger partial charge in [-0.15, -0.1) is 0 Å². The maximum Gasteiger partial charge on any atom is 0.125 e. The Morgan fingerprint density at radius 2 is 2.21 bits per heavy atom. The highest BCUT2D eigenvalue weighted by atomic mass is 16.5. The number of benzene rings is 1. The molecule has 0 saturated heterocycles. The monoisotopic (exact) mass is 260 g/mol. The second-order valence-corrected chi connectivity index (χ2v) is 6.42. The highest BCUT2D eigenvalue weighted by Gasteiger charge is 2.43. The molecule has 0 bridgehead atoms. The Labute approximate surface area is 115 Å². The quantitative estimate of drug-likeness (QED) is 0.822. The van der Waals surface area contributed by atoms with Gasteiger partial charge in [0.05, 0.1) is 6.10 Å². The average Bonchev–Trinajstić information content (AvgIpc) is 2.40. The summed E-state index contributed by atoms with van der Waals surface area (Å²) in [5.41, 5.74) is 2.05. The van der Waals surface area contributed by atoms with Gasteiger partial charge in [0.1, 0.15) is 11.4 Å². The maximum atomic E-state index is 10.5. The summed E-state index contributed by atoms with van der Waals surface area (Å²) in [5.74, 6) is 1.66. The molecule has 1 fully saturated rings. The second-order valence-electron chi connectivity index (χ2n) is 6.42. The lowest BCUT2D eigenvalue weighted by atomic mass is 9.72. The number of ether oxygens (including phenoxy) is 1. The molecule has 1 saturated carbocycles. The van der Waals surface area contributed by atoms with E-state index in [-0.39, 0.29) is 11.7 Å². The molecule has 2 heteroatoms. The van der Waals surface area contributed by atoms with Crippen molar-refractivity contribution in [3.05, 3.63) is 29.3 Å². The molecule has 3 rings (SSSR count). The van der Waals surface area contributed by atoms with Crippen LogP contribution in [0.25, 0.3) is 0 Å². The van der Waals surface area contributed by atoms with E-state index in [1.807, 2.05) is 6.07 Å². The van der Waals surface area contributed by atoms with Crippen LogP contribution < -0.4 is 4.74 Å². The normalized spacial score (nSPS) is 33.8. The van der Waals surface area contributed by atoms with Gasteiger partial charge in [0.2, 0.25) is 0 Å². The van der Waals surface area contributed by atoms with Crippen LogP contribution in [-0.2, 0) is 0 Å². The van der Waals surface area contributed by atoms with Crippen LogP contribution in [0.15, 0.2) is 18.2 Å². The van der Waals surface area contributed by atoms with E-state index in [1.54, 1.807) is 0 Å². The minimum atomic E-state index is -0.362. The summed E-state index contributed by atoms with van der Waals surface area (Å²) in [6.45, 7) is 4.32. The zero-order chi connectivity index (χ0) is 13.5. The van der Waals surface area contributed by atoms with Crippen LogP contribution in [-0.4, -0.2) is 10.7 Å². The third kappa shape index (κ3) is 2.38. The van der Waals surface area contributed by atoms with Gasteiger partial charge in [-0.05, 0) is 44.2 Å². The number of aliphatic hydroxyl groups excluding tert-OH is 1. The summed E-state index contributed by atoms with van der Waals surface area (Å²) in [4.78, 5) is 0. The topological polar surface area (TPSA) is 29.5 Å². The fourth-order valence-electron chi connectivity index (χ4n) is 3.83. The lowest BCUT2D eigenvalue weighted by Crippen LogP contribution is -2.45. The van der Waals surface area contributed by atoms with E-state index in [2.05, 4.69) is 26.0 Å². The molecule has 1 aliphatic heterocycles. The number of aliphatic hydroxyl groups is 1.